The molecule has 0 spiro atoms. The zero-order valence-electron chi connectivity index (χ0n) is 17.5. The van der Waals surface area contributed by atoms with Gasteiger partial charge in [0.05, 0.1) is 31.9 Å². The highest BCUT2D eigenvalue weighted by Crippen LogP contribution is 2.51. The number of amides is 1. The molecule has 168 valence electrons. The SMILES string of the molecule is COc1ccc([C@@H]2CC(=O)Nc3c(S(=O)(=O)c4ccc(Cl)cc4)csc32)c(OC)c1OC. The lowest BCUT2D eigenvalue weighted by Crippen LogP contribution is -2.23. The Hall–Kier alpha value is -2.75. The minimum atomic E-state index is -3.86. The number of hydrogen-bond acceptors (Lipinski definition) is 7. The predicted octanol–water partition coefficient (Wildman–Crippen LogP) is 4.73. The molecule has 1 N–H and O–H groups in total. The number of ether oxygens (including phenoxy) is 3. The Morgan fingerprint density at radius 1 is 1.00 bits per heavy atom. The van der Waals surface area contributed by atoms with Crippen molar-refractivity contribution in [3.8, 4) is 17.2 Å². The van der Waals surface area contributed by atoms with Crippen LogP contribution in [-0.4, -0.2) is 35.7 Å². The molecule has 0 unspecified atom stereocenters. The van der Waals surface area contributed by atoms with Crippen molar-refractivity contribution in [3.05, 3.63) is 57.2 Å². The Balaban J connectivity index is 1.86. The Morgan fingerprint density at radius 3 is 2.31 bits per heavy atom. The van der Waals surface area contributed by atoms with E-state index in [2.05, 4.69) is 5.32 Å². The van der Waals surface area contributed by atoms with Gasteiger partial charge in [-0.2, -0.15) is 0 Å². The van der Waals surface area contributed by atoms with Crippen LogP contribution in [0.25, 0.3) is 0 Å². The molecular weight excluding hydrogens is 474 g/mol. The number of halogens is 1. The minimum absolute atomic E-state index is 0.0531. The predicted molar refractivity (Wildman–Crippen MR) is 122 cm³/mol. The van der Waals surface area contributed by atoms with Crippen LogP contribution in [0.15, 0.2) is 51.6 Å². The summed E-state index contributed by atoms with van der Waals surface area (Å²) in [7, 11) is 0.678. The highest BCUT2D eigenvalue weighted by molar-refractivity contribution is 7.91. The minimum Gasteiger partial charge on any atom is -0.493 e. The van der Waals surface area contributed by atoms with E-state index in [1.807, 2.05) is 0 Å². The van der Waals surface area contributed by atoms with Gasteiger partial charge in [0.2, 0.25) is 21.5 Å². The number of anilines is 1. The van der Waals surface area contributed by atoms with Crippen molar-refractivity contribution in [3.63, 3.8) is 0 Å². The van der Waals surface area contributed by atoms with Crippen LogP contribution < -0.4 is 19.5 Å². The molecule has 7 nitrogen and oxygen atoms in total. The van der Waals surface area contributed by atoms with Crippen molar-refractivity contribution in [2.45, 2.75) is 22.1 Å². The quantitative estimate of drug-likeness (QED) is 0.533. The zero-order chi connectivity index (χ0) is 23.0. The van der Waals surface area contributed by atoms with Crippen LogP contribution >= 0.6 is 22.9 Å². The molecule has 0 aliphatic carbocycles. The largest absolute Gasteiger partial charge is 0.493 e. The summed E-state index contributed by atoms with van der Waals surface area (Å²) in [4.78, 5) is 13.5. The number of rotatable bonds is 6. The Labute approximate surface area is 194 Å². The van der Waals surface area contributed by atoms with Crippen molar-refractivity contribution in [2.75, 3.05) is 26.6 Å². The number of carbonyl (C=O) groups is 1. The molecule has 1 aliphatic heterocycles. The fourth-order valence-corrected chi connectivity index (χ4v) is 6.82. The molecule has 0 saturated heterocycles. The zero-order valence-corrected chi connectivity index (χ0v) is 19.9. The van der Waals surface area contributed by atoms with Crippen LogP contribution in [-0.2, 0) is 14.6 Å². The summed E-state index contributed by atoms with van der Waals surface area (Å²) in [6.45, 7) is 0. The molecule has 1 aromatic heterocycles. The van der Waals surface area contributed by atoms with Gasteiger partial charge in [-0.25, -0.2) is 8.42 Å². The van der Waals surface area contributed by atoms with Gasteiger partial charge in [-0.1, -0.05) is 17.7 Å². The number of nitrogens with one attached hydrogen (secondary N) is 1. The molecule has 10 heteroatoms. The van der Waals surface area contributed by atoms with Crippen LogP contribution in [0.4, 0.5) is 5.69 Å². The number of carbonyl (C=O) groups excluding carboxylic acids is 1. The standard InChI is InChI=1S/C22H20ClNO6S2/c1-28-16-9-8-14(20(29-2)21(16)30-3)15-10-18(25)24-19-17(11-31-22(15)19)32(26,27)13-6-4-12(23)5-7-13/h4-9,11,15H,10H2,1-3H3,(H,24,25)/t15-/m0/s1. The van der Waals surface area contributed by atoms with E-state index in [0.717, 1.165) is 4.88 Å². The molecule has 4 rings (SSSR count). The molecule has 0 fully saturated rings. The maximum Gasteiger partial charge on any atom is 0.225 e. The van der Waals surface area contributed by atoms with Crippen LogP contribution in [0.3, 0.4) is 0 Å². The third kappa shape index (κ3) is 3.70. The summed E-state index contributed by atoms with van der Waals surface area (Å²) in [5.41, 5.74) is 1.00. The fraction of sp³-hybridized carbons (Fsp3) is 0.227. The molecule has 32 heavy (non-hydrogen) atoms. The van der Waals surface area contributed by atoms with Crippen LogP contribution in [0.5, 0.6) is 17.2 Å². The Bertz CT molecular complexity index is 1280. The maximum absolute atomic E-state index is 13.3. The van der Waals surface area contributed by atoms with Crippen molar-refractivity contribution in [1.82, 2.24) is 0 Å². The Morgan fingerprint density at radius 2 is 1.69 bits per heavy atom. The number of benzene rings is 2. The van der Waals surface area contributed by atoms with E-state index in [4.69, 9.17) is 25.8 Å². The summed E-state index contributed by atoms with van der Waals surface area (Å²) in [6, 6.07) is 9.47. The smallest absolute Gasteiger partial charge is 0.225 e. The molecule has 2 aromatic carbocycles. The first-order valence-electron chi connectivity index (χ1n) is 9.52. The van der Waals surface area contributed by atoms with Gasteiger partial charge in [-0.3, -0.25) is 4.79 Å². The van der Waals surface area contributed by atoms with Crippen LogP contribution in [0.2, 0.25) is 5.02 Å². The topological polar surface area (TPSA) is 90.9 Å². The lowest BCUT2D eigenvalue weighted by molar-refractivity contribution is -0.116. The molecule has 0 saturated carbocycles. The van der Waals surface area contributed by atoms with Crippen LogP contribution in [0.1, 0.15) is 22.8 Å². The molecule has 1 atom stereocenters. The first kappa shape index (κ1) is 22.4. The number of thiophene rings is 1. The summed E-state index contributed by atoms with van der Waals surface area (Å²) < 4.78 is 43.0. The maximum atomic E-state index is 13.3. The second-order valence-electron chi connectivity index (χ2n) is 7.02. The van der Waals surface area contributed by atoms with Gasteiger partial charge in [-0.05, 0) is 30.3 Å². The Kier molecular flexibility index (Phi) is 6.07. The van der Waals surface area contributed by atoms with E-state index in [1.54, 1.807) is 17.5 Å². The normalized spacial score (nSPS) is 15.6. The second kappa shape index (κ2) is 8.65. The molecule has 1 amide bonds. The monoisotopic (exact) mass is 493 g/mol. The van der Waals surface area contributed by atoms with Gasteiger partial charge in [0.15, 0.2) is 11.5 Å². The number of fused-ring (bicyclic) bond motifs is 1. The molecule has 3 aromatic rings. The first-order valence-corrected chi connectivity index (χ1v) is 12.3. The van der Waals surface area contributed by atoms with Gasteiger partial charge in [-0.15, -0.1) is 11.3 Å². The first-order chi connectivity index (χ1) is 15.3. The summed E-state index contributed by atoms with van der Waals surface area (Å²) in [5.74, 6) is 0.641. The van der Waals surface area contributed by atoms with E-state index in [0.29, 0.717) is 33.5 Å². The van der Waals surface area contributed by atoms with Crippen molar-refractivity contribution in [1.29, 1.82) is 0 Å². The van der Waals surface area contributed by atoms with E-state index < -0.39 is 15.8 Å². The van der Waals surface area contributed by atoms with E-state index >= 15 is 0 Å². The number of methoxy groups -OCH3 is 3. The van der Waals surface area contributed by atoms with Crippen molar-refractivity contribution in [2.24, 2.45) is 0 Å². The average Bonchev–Trinajstić information content (AvgIpc) is 3.22. The third-order valence-corrected chi connectivity index (χ3v) is 8.57. The van der Waals surface area contributed by atoms with Crippen LogP contribution in [0, 0.1) is 0 Å². The summed E-state index contributed by atoms with van der Waals surface area (Å²) >= 11 is 7.18. The van der Waals surface area contributed by atoms with Gasteiger partial charge in [0, 0.05) is 33.2 Å². The summed E-state index contributed by atoms with van der Waals surface area (Å²) in [6.07, 6.45) is 0.139. The average molecular weight is 494 g/mol. The van der Waals surface area contributed by atoms with Gasteiger partial charge >= 0.3 is 0 Å². The highest BCUT2D eigenvalue weighted by atomic mass is 35.5. The third-order valence-electron chi connectivity index (χ3n) is 5.28. The van der Waals surface area contributed by atoms with E-state index in [1.165, 1.54) is 56.9 Å². The van der Waals surface area contributed by atoms with Gasteiger partial charge < -0.3 is 19.5 Å². The molecule has 0 radical (unpaired) electrons. The lowest BCUT2D eigenvalue weighted by Gasteiger charge is -2.26. The van der Waals surface area contributed by atoms with Crippen molar-refractivity contribution >= 4 is 44.4 Å². The number of hydrogen-bond donors (Lipinski definition) is 1. The van der Waals surface area contributed by atoms with E-state index in [-0.39, 0.29) is 22.1 Å². The van der Waals surface area contributed by atoms with E-state index in [9.17, 15) is 13.2 Å². The lowest BCUT2D eigenvalue weighted by atomic mass is 9.89. The second-order valence-corrected chi connectivity index (χ2v) is 10.3. The molecule has 1 aliphatic rings. The number of sulfone groups is 1. The fourth-order valence-electron chi connectivity index (χ4n) is 3.79. The summed E-state index contributed by atoms with van der Waals surface area (Å²) in [5, 5.41) is 4.74. The van der Waals surface area contributed by atoms with Gasteiger partial charge in [0.1, 0.15) is 4.90 Å². The molecule has 0 bridgehead atoms. The van der Waals surface area contributed by atoms with Crippen molar-refractivity contribution < 1.29 is 27.4 Å². The molecule has 2 heterocycles. The van der Waals surface area contributed by atoms with Gasteiger partial charge in [0.25, 0.3) is 0 Å². The molecular formula is C22H20ClNO6S2. The highest BCUT2D eigenvalue weighted by Gasteiger charge is 2.36.